The molecule has 1 saturated heterocycles. The molecule has 2 atom stereocenters. The molecule has 0 aromatic rings. The second kappa shape index (κ2) is 5.34. The van der Waals surface area contributed by atoms with Gasteiger partial charge < -0.3 is 20.8 Å². The number of aliphatic carboxylic acids is 2. The molecule has 0 aromatic heterocycles. The van der Waals surface area contributed by atoms with E-state index in [0.717, 1.165) is 0 Å². The fourth-order valence-corrected chi connectivity index (χ4v) is 2.18. The first-order valence-electron chi connectivity index (χ1n) is 5.82. The Morgan fingerprint density at radius 2 is 2.00 bits per heavy atom. The van der Waals surface area contributed by atoms with Crippen LogP contribution in [0.5, 0.6) is 0 Å². The summed E-state index contributed by atoms with van der Waals surface area (Å²) in [5, 5.41) is 17.8. The van der Waals surface area contributed by atoms with E-state index in [4.69, 9.17) is 10.8 Å². The van der Waals surface area contributed by atoms with Crippen LogP contribution in [0.3, 0.4) is 0 Å². The third-order valence-corrected chi connectivity index (χ3v) is 3.51. The molecule has 1 rings (SSSR count). The van der Waals surface area contributed by atoms with Crippen LogP contribution in [0, 0.1) is 5.41 Å². The molecule has 0 spiro atoms. The van der Waals surface area contributed by atoms with Crippen molar-refractivity contribution in [2.24, 2.45) is 11.1 Å². The fourth-order valence-electron chi connectivity index (χ4n) is 2.18. The van der Waals surface area contributed by atoms with Crippen LogP contribution in [0.1, 0.15) is 26.2 Å². The Morgan fingerprint density at radius 3 is 2.39 bits per heavy atom. The second-order valence-electron chi connectivity index (χ2n) is 4.65. The van der Waals surface area contributed by atoms with Crippen LogP contribution >= 0.6 is 0 Å². The summed E-state index contributed by atoms with van der Waals surface area (Å²) in [6, 6.07) is -1.11. The molecule has 102 valence electrons. The molecule has 1 fully saturated rings. The Balaban J connectivity index is 2.69. The molecule has 1 amide bonds. The van der Waals surface area contributed by atoms with Crippen LogP contribution in [0.15, 0.2) is 0 Å². The van der Waals surface area contributed by atoms with E-state index < -0.39 is 35.7 Å². The standard InChI is InChI=1S/C11H18N2O5/c1-2-11(10(17)18)3-4-13(6-11)9(16)7(12)5-8(14)15/h7H,2-6,12H2,1H3,(H,14,15)(H,17,18). The van der Waals surface area contributed by atoms with E-state index in [9.17, 15) is 19.5 Å². The molecule has 0 saturated carbocycles. The summed E-state index contributed by atoms with van der Waals surface area (Å²) in [4.78, 5) is 34.9. The van der Waals surface area contributed by atoms with E-state index in [1.165, 1.54) is 4.90 Å². The third kappa shape index (κ3) is 2.79. The molecule has 1 heterocycles. The van der Waals surface area contributed by atoms with Gasteiger partial charge in [0.05, 0.1) is 17.9 Å². The Hall–Kier alpha value is -1.63. The van der Waals surface area contributed by atoms with Gasteiger partial charge in [-0.15, -0.1) is 0 Å². The number of nitrogens with zero attached hydrogens (tertiary/aromatic N) is 1. The lowest BCUT2D eigenvalue weighted by molar-refractivity contribution is -0.149. The Labute approximate surface area is 105 Å². The van der Waals surface area contributed by atoms with Gasteiger partial charge in [0.2, 0.25) is 5.91 Å². The van der Waals surface area contributed by atoms with Crippen molar-refractivity contribution in [1.82, 2.24) is 4.90 Å². The molecular weight excluding hydrogens is 240 g/mol. The topological polar surface area (TPSA) is 121 Å². The van der Waals surface area contributed by atoms with Gasteiger partial charge in [0.1, 0.15) is 0 Å². The van der Waals surface area contributed by atoms with Crippen molar-refractivity contribution in [3.05, 3.63) is 0 Å². The first-order valence-corrected chi connectivity index (χ1v) is 5.82. The molecule has 0 aliphatic carbocycles. The van der Waals surface area contributed by atoms with Crippen molar-refractivity contribution >= 4 is 17.8 Å². The highest BCUT2D eigenvalue weighted by atomic mass is 16.4. The van der Waals surface area contributed by atoms with Crippen LogP contribution in [0.25, 0.3) is 0 Å². The van der Waals surface area contributed by atoms with E-state index in [1.54, 1.807) is 6.92 Å². The minimum atomic E-state index is -1.14. The highest BCUT2D eigenvalue weighted by molar-refractivity contribution is 5.87. The third-order valence-electron chi connectivity index (χ3n) is 3.51. The summed E-state index contributed by atoms with van der Waals surface area (Å²) < 4.78 is 0. The Morgan fingerprint density at radius 1 is 1.39 bits per heavy atom. The van der Waals surface area contributed by atoms with Gasteiger partial charge in [-0.3, -0.25) is 14.4 Å². The molecule has 0 bridgehead atoms. The zero-order valence-electron chi connectivity index (χ0n) is 10.3. The smallest absolute Gasteiger partial charge is 0.311 e. The minimum absolute atomic E-state index is 0.102. The summed E-state index contributed by atoms with van der Waals surface area (Å²) in [6.45, 7) is 2.18. The van der Waals surface area contributed by atoms with E-state index in [0.29, 0.717) is 19.4 Å². The van der Waals surface area contributed by atoms with Crippen LogP contribution in [0.4, 0.5) is 0 Å². The van der Waals surface area contributed by atoms with Gasteiger partial charge in [-0.25, -0.2) is 0 Å². The zero-order chi connectivity index (χ0) is 13.9. The van der Waals surface area contributed by atoms with Gasteiger partial charge in [0.25, 0.3) is 0 Å². The lowest BCUT2D eigenvalue weighted by Gasteiger charge is -2.24. The molecule has 0 radical (unpaired) electrons. The maximum atomic E-state index is 11.9. The largest absolute Gasteiger partial charge is 0.481 e. The van der Waals surface area contributed by atoms with Gasteiger partial charge >= 0.3 is 11.9 Å². The van der Waals surface area contributed by atoms with E-state index >= 15 is 0 Å². The number of nitrogens with two attached hydrogens (primary N) is 1. The predicted octanol–water partition coefficient (Wildman–Crippen LogP) is -0.498. The molecule has 0 aromatic carbocycles. The molecule has 1 aliphatic heterocycles. The van der Waals surface area contributed by atoms with Crippen molar-refractivity contribution < 1.29 is 24.6 Å². The van der Waals surface area contributed by atoms with Gasteiger partial charge in [-0.2, -0.15) is 0 Å². The lowest BCUT2D eigenvalue weighted by Crippen LogP contribution is -2.45. The summed E-state index contributed by atoms with van der Waals surface area (Å²) in [6.07, 6.45) is 0.367. The minimum Gasteiger partial charge on any atom is -0.481 e. The van der Waals surface area contributed by atoms with E-state index in [2.05, 4.69) is 0 Å². The number of carbonyl (C=O) groups is 3. The Kier molecular flexibility index (Phi) is 4.28. The predicted molar refractivity (Wildman–Crippen MR) is 61.8 cm³/mol. The normalized spacial score (nSPS) is 24.9. The van der Waals surface area contributed by atoms with Gasteiger partial charge in [0.15, 0.2) is 0 Å². The first kappa shape index (κ1) is 14.4. The first-order chi connectivity index (χ1) is 8.32. The molecule has 18 heavy (non-hydrogen) atoms. The summed E-state index contributed by atoms with van der Waals surface area (Å²) in [5.41, 5.74) is 4.57. The second-order valence-corrected chi connectivity index (χ2v) is 4.65. The number of hydrogen-bond donors (Lipinski definition) is 3. The molecule has 1 aliphatic rings. The highest BCUT2D eigenvalue weighted by Crippen LogP contribution is 2.34. The summed E-state index contributed by atoms with van der Waals surface area (Å²) in [7, 11) is 0. The van der Waals surface area contributed by atoms with Crippen LogP contribution in [-0.4, -0.2) is 52.1 Å². The van der Waals surface area contributed by atoms with Crippen molar-refractivity contribution in [3.63, 3.8) is 0 Å². The fraction of sp³-hybridized carbons (Fsp3) is 0.727. The molecular formula is C11H18N2O5. The quantitative estimate of drug-likeness (QED) is 0.611. The molecule has 4 N–H and O–H groups in total. The van der Waals surface area contributed by atoms with E-state index in [-0.39, 0.29) is 6.54 Å². The summed E-state index contributed by atoms with van der Waals surface area (Å²) >= 11 is 0. The monoisotopic (exact) mass is 258 g/mol. The van der Waals surface area contributed by atoms with Crippen molar-refractivity contribution in [1.29, 1.82) is 0 Å². The number of rotatable bonds is 5. The SMILES string of the molecule is CCC1(C(=O)O)CCN(C(=O)C(N)CC(=O)O)C1. The average Bonchev–Trinajstić information content (AvgIpc) is 2.72. The highest BCUT2D eigenvalue weighted by Gasteiger charge is 2.45. The van der Waals surface area contributed by atoms with Crippen molar-refractivity contribution in [2.75, 3.05) is 13.1 Å². The van der Waals surface area contributed by atoms with Gasteiger partial charge in [0, 0.05) is 13.1 Å². The van der Waals surface area contributed by atoms with Crippen molar-refractivity contribution in [2.45, 2.75) is 32.2 Å². The number of hydrogen-bond acceptors (Lipinski definition) is 4. The van der Waals surface area contributed by atoms with Gasteiger partial charge in [-0.1, -0.05) is 6.92 Å². The zero-order valence-corrected chi connectivity index (χ0v) is 10.3. The average molecular weight is 258 g/mol. The van der Waals surface area contributed by atoms with Crippen molar-refractivity contribution in [3.8, 4) is 0 Å². The summed E-state index contributed by atoms with van der Waals surface area (Å²) in [5.74, 6) is -2.56. The maximum absolute atomic E-state index is 11.9. The van der Waals surface area contributed by atoms with Crippen LogP contribution in [-0.2, 0) is 14.4 Å². The van der Waals surface area contributed by atoms with E-state index in [1.807, 2.05) is 0 Å². The molecule has 2 unspecified atom stereocenters. The Bertz CT molecular complexity index is 370. The number of carboxylic acid groups (broad SMARTS) is 2. The van der Waals surface area contributed by atoms with Crippen LogP contribution < -0.4 is 5.73 Å². The molecule has 7 heteroatoms. The maximum Gasteiger partial charge on any atom is 0.311 e. The van der Waals surface area contributed by atoms with Gasteiger partial charge in [-0.05, 0) is 12.8 Å². The number of amides is 1. The molecule has 7 nitrogen and oxygen atoms in total. The number of carboxylic acids is 2. The van der Waals surface area contributed by atoms with Crippen LogP contribution in [0.2, 0.25) is 0 Å². The number of carbonyl (C=O) groups excluding carboxylic acids is 1. The number of likely N-dealkylation sites (tertiary alicyclic amines) is 1. The lowest BCUT2D eigenvalue weighted by atomic mass is 9.84.